The fourth-order valence-electron chi connectivity index (χ4n) is 1.26. The molecule has 0 heterocycles. The maximum absolute atomic E-state index is 13.1. The van der Waals surface area contributed by atoms with Crippen LogP contribution in [-0.2, 0) is 13.3 Å². The van der Waals surface area contributed by atoms with Crippen molar-refractivity contribution < 1.29 is 17.7 Å². The summed E-state index contributed by atoms with van der Waals surface area (Å²) in [6.45, 7) is 11.1. The smallest absolute Gasteiger partial charge is 0.369 e. The van der Waals surface area contributed by atoms with Gasteiger partial charge in [-0.15, -0.1) is 0 Å². The molecule has 0 radical (unpaired) electrons. The third kappa shape index (κ3) is 6.24. The zero-order chi connectivity index (χ0) is 12.1. The molecule has 92 valence electrons. The predicted octanol–water partition coefficient (Wildman–Crippen LogP) is 2.71. The molecule has 0 N–H and O–H groups in total. The van der Waals surface area contributed by atoms with Gasteiger partial charge in [0.15, 0.2) is 6.30 Å². The van der Waals surface area contributed by atoms with Crippen LogP contribution in [0.1, 0.15) is 41.5 Å². The van der Waals surface area contributed by atoms with Crippen molar-refractivity contribution in [2.45, 2.75) is 59.9 Å². The van der Waals surface area contributed by atoms with Crippen molar-refractivity contribution in [2.24, 2.45) is 0 Å². The molecular formula is C10H23FO3Si. The van der Waals surface area contributed by atoms with E-state index in [9.17, 15) is 4.39 Å². The van der Waals surface area contributed by atoms with E-state index >= 15 is 0 Å². The minimum atomic E-state index is -3.13. The maximum atomic E-state index is 13.1. The largest absolute Gasteiger partial charge is 0.534 e. The highest BCUT2D eigenvalue weighted by Gasteiger charge is 2.44. The Morgan fingerprint density at radius 3 is 1.20 bits per heavy atom. The van der Waals surface area contributed by atoms with Crippen LogP contribution in [-0.4, -0.2) is 33.4 Å². The molecular weight excluding hydrogens is 215 g/mol. The molecule has 0 aliphatic rings. The molecule has 0 fully saturated rings. The van der Waals surface area contributed by atoms with Gasteiger partial charge in [-0.05, 0) is 41.5 Å². The van der Waals surface area contributed by atoms with E-state index in [1.165, 1.54) is 0 Å². The summed E-state index contributed by atoms with van der Waals surface area (Å²) < 4.78 is 29.7. The molecule has 0 unspecified atom stereocenters. The second-order valence-electron chi connectivity index (χ2n) is 4.32. The molecule has 0 aromatic rings. The van der Waals surface area contributed by atoms with Crippen molar-refractivity contribution in [3.63, 3.8) is 0 Å². The summed E-state index contributed by atoms with van der Waals surface area (Å²) in [5.74, 6) is 0. The molecule has 0 aliphatic carbocycles. The number of hydrogen-bond donors (Lipinski definition) is 0. The SMILES string of the molecule is CC(C)O[Si](CF)(OC(C)C)OC(C)C. The lowest BCUT2D eigenvalue weighted by Gasteiger charge is -2.32. The Morgan fingerprint density at radius 1 is 0.800 bits per heavy atom. The summed E-state index contributed by atoms with van der Waals surface area (Å²) in [5.41, 5.74) is 0. The van der Waals surface area contributed by atoms with E-state index in [0.29, 0.717) is 0 Å². The third-order valence-corrected chi connectivity index (χ3v) is 4.23. The van der Waals surface area contributed by atoms with Gasteiger partial charge < -0.3 is 13.3 Å². The number of halogens is 1. The summed E-state index contributed by atoms with van der Waals surface area (Å²) in [6.07, 6.45) is -0.957. The predicted molar refractivity (Wildman–Crippen MR) is 60.4 cm³/mol. The van der Waals surface area contributed by atoms with E-state index in [4.69, 9.17) is 13.3 Å². The van der Waals surface area contributed by atoms with Gasteiger partial charge in [0.05, 0.1) is 0 Å². The average molecular weight is 238 g/mol. The molecule has 0 aromatic heterocycles. The molecule has 15 heavy (non-hydrogen) atoms. The first-order valence-corrected chi connectivity index (χ1v) is 7.34. The zero-order valence-corrected chi connectivity index (χ0v) is 11.5. The minimum Gasteiger partial charge on any atom is -0.369 e. The van der Waals surface area contributed by atoms with Gasteiger partial charge in [-0.25, -0.2) is 4.39 Å². The van der Waals surface area contributed by atoms with Crippen LogP contribution in [0.5, 0.6) is 0 Å². The Balaban J connectivity index is 4.59. The number of rotatable bonds is 7. The topological polar surface area (TPSA) is 27.7 Å². The highest BCUT2D eigenvalue weighted by atomic mass is 28.4. The molecule has 0 atom stereocenters. The first-order valence-electron chi connectivity index (χ1n) is 5.40. The Morgan fingerprint density at radius 2 is 1.07 bits per heavy atom. The van der Waals surface area contributed by atoms with Gasteiger partial charge in [0.2, 0.25) is 0 Å². The molecule has 0 amide bonds. The zero-order valence-electron chi connectivity index (χ0n) is 10.5. The lowest BCUT2D eigenvalue weighted by atomic mass is 10.5. The summed E-state index contributed by atoms with van der Waals surface area (Å²) in [4.78, 5) is 0. The van der Waals surface area contributed by atoms with Crippen molar-refractivity contribution in [1.29, 1.82) is 0 Å². The van der Waals surface area contributed by atoms with E-state index in [1.54, 1.807) is 0 Å². The van der Waals surface area contributed by atoms with Crippen LogP contribution >= 0.6 is 0 Å². The van der Waals surface area contributed by atoms with Crippen LogP contribution in [0.25, 0.3) is 0 Å². The number of alkyl halides is 1. The lowest BCUT2D eigenvalue weighted by Crippen LogP contribution is -2.53. The van der Waals surface area contributed by atoms with Crippen LogP contribution in [0.3, 0.4) is 0 Å². The van der Waals surface area contributed by atoms with Gasteiger partial charge >= 0.3 is 8.80 Å². The van der Waals surface area contributed by atoms with Crippen LogP contribution in [0.4, 0.5) is 4.39 Å². The highest BCUT2D eigenvalue weighted by molar-refractivity contribution is 6.60. The molecule has 0 spiro atoms. The summed E-state index contributed by atoms with van der Waals surface area (Å²) >= 11 is 0. The molecule has 3 nitrogen and oxygen atoms in total. The molecule has 0 rings (SSSR count). The molecule has 0 aliphatic heterocycles. The summed E-state index contributed by atoms with van der Waals surface area (Å²) in [7, 11) is -3.13. The van der Waals surface area contributed by atoms with E-state index in [-0.39, 0.29) is 18.3 Å². The van der Waals surface area contributed by atoms with Gasteiger partial charge in [-0.2, -0.15) is 0 Å². The fraction of sp³-hybridized carbons (Fsp3) is 1.00. The monoisotopic (exact) mass is 238 g/mol. The Hall–Kier alpha value is 0.0269. The van der Waals surface area contributed by atoms with Gasteiger partial charge in [-0.3, -0.25) is 0 Å². The third-order valence-electron chi connectivity index (χ3n) is 1.41. The van der Waals surface area contributed by atoms with Gasteiger partial charge in [-0.1, -0.05) is 0 Å². The molecule has 5 heteroatoms. The molecule has 0 saturated carbocycles. The first-order chi connectivity index (χ1) is 6.81. The highest BCUT2D eigenvalue weighted by Crippen LogP contribution is 2.17. The van der Waals surface area contributed by atoms with Crippen LogP contribution < -0.4 is 0 Å². The quantitative estimate of drug-likeness (QED) is 0.638. The van der Waals surface area contributed by atoms with Crippen molar-refractivity contribution in [3.8, 4) is 0 Å². The fourth-order valence-corrected chi connectivity index (χ4v) is 3.77. The second-order valence-corrected chi connectivity index (χ2v) is 6.66. The van der Waals surface area contributed by atoms with Gasteiger partial charge in [0.25, 0.3) is 0 Å². The molecule has 0 aromatic carbocycles. The first kappa shape index (κ1) is 15.0. The van der Waals surface area contributed by atoms with Gasteiger partial charge in [0, 0.05) is 18.3 Å². The van der Waals surface area contributed by atoms with E-state index < -0.39 is 15.1 Å². The number of hydrogen-bond acceptors (Lipinski definition) is 3. The molecule has 0 saturated heterocycles. The van der Waals surface area contributed by atoms with Crippen molar-refractivity contribution in [3.05, 3.63) is 0 Å². The minimum absolute atomic E-state index is 0.0927. The Kier molecular flexibility index (Phi) is 6.59. The lowest BCUT2D eigenvalue weighted by molar-refractivity contribution is -0.00344. The van der Waals surface area contributed by atoms with Crippen molar-refractivity contribution >= 4 is 8.80 Å². The van der Waals surface area contributed by atoms with Crippen LogP contribution in [0.2, 0.25) is 0 Å². The van der Waals surface area contributed by atoms with Gasteiger partial charge in [0.1, 0.15) is 0 Å². The van der Waals surface area contributed by atoms with E-state index in [1.807, 2.05) is 41.5 Å². The summed E-state index contributed by atoms with van der Waals surface area (Å²) in [5, 5.41) is 0. The normalized spacial score (nSPS) is 13.2. The van der Waals surface area contributed by atoms with Crippen molar-refractivity contribution in [1.82, 2.24) is 0 Å². The Labute approximate surface area is 93.3 Å². The average Bonchev–Trinajstić information content (AvgIpc) is 1.99. The van der Waals surface area contributed by atoms with E-state index in [0.717, 1.165) is 0 Å². The summed E-state index contributed by atoms with van der Waals surface area (Å²) in [6, 6.07) is 0. The Bertz CT molecular complexity index is 148. The van der Waals surface area contributed by atoms with E-state index in [2.05, 4.69) is 0 Å². The van der Waals surface area contributed by atoms with Crippen molar-refractivity contribution in [2.75, 3.05) is 6.30 Å². The molecule has 0 bridgehead atoms. The standard InChI is InChI=1S/C10H23FO3Si/c1-8(2)12-15(7-11,13-9(3)4)14-10(5)6/h8-10H,7H2,1-6H3. The van der Waals surface area contributed by atoms with Crippen LogP contribution in [0.15, 0.2) is 0 Å². The maximum Gasteiger partial charge on any atom is 0.534 e. The second kappa shape index (κ2) is 6.58. The van der Waals surface area contributed by atoms with Crippen LogP contribution in [0, 0.1) is 0 Å².